The zero-order valence-electron chi connectivity index (χ0n) is 13.6. The summed E-state index contributed by atoms with van der Waals surface area (Å²) in [6, 6.07) is 19.1. The lowest BCUT2D eigenvalue weighted by Crippen LogP contribution is -2.36. The first-order chi connectivity index (χ1) is 11.7. The summed E-state index contributed by atoms with van der Waals surface area (Å²) in [6.07, 6.45) is 2.96. The Hall–Kier alpha value is -2.16. The standard InChI is InChI=1S/C22H21NO/c23-21(22(24)16-5-2-6-16)18-12-10-15-8-7-13-3-1-4-14-9-11-17(18)20(15)19(13)14/h1,3-4,7-12,16,21-22,24H,2,5-6,23H2/t21-,22+/m0/s1. The van der Waals surface area contributed by atoms with Crippen molar-refractivity contribution in [3.05, 3.63) is 60.2 Å². The van der Waals surface area contributed by atoms with Gasteiger partial charge in [0, 0.05) is 0 Å². The van der Waals surface area contributed by atoms with Crippen LogP contribution in [-0.2, 0) is 0 Å². The number of benzene rings is 4. The molecule has 0 radical (unpaired) electrons. The molecule has 120 valence electrons. The highest BCUT2D eigenvalue weighted by atomic mass is 16.3. The van der Waals surface area contributed by atoms with Crippen molar-refractivity contribution in [3.63, 3.8) is 0 Å². The van der Waals surface area contributed by atoms with Gasteiger partial charge in [-0.3, -0.25) is 0 Å². The molecule has 2 heteroatoms. The molecule has 2 nitrogen and oxygen atoms in total. The summed E-state index contributed by atoms with van der Waals surface area (Å²) in [6.45, 7) is 0. The molecule has 0 bridgehead atoms. The van der Waals surface area contributed by atoms with Gasteiger partial charge in [0.25, 0.3) is 0 Å². The molecule has 0 heterocycles. The van der Waals surface area contributed by atoms with E-state index in [-0.39, 0.29) is 6.04 Å². The summed E-state index contributed by atoms with van der Waals surface area (Å²) in [4.78, 5) is 0. The largest absolute Gasteiger partial charge is 0.391 e. The summed E-state index contributed by atoms with van der Waals surface area (Å²) < 4.78 is 0. The molecule has 0 aliphatic heterocycles. The highest BCUT2D eigenvalue weighted by molar-refractivity contribution is 6.23. The van der Waals surface area contributed by atoms with Crippen molar-refractivity contribution in [2.45, 2.75) is 31.4 Å². The Morgan fingerprint density at radius 2 is 1.46 bits per heavy atom. The van der Waals surface area contributed by atoms with Crippen LogP contribution in [0, 0.1) is 5.92 Å². The van der Waals surface area contributed by atoms with Gasteiger partial charge in [0.05, 0.1) is 12.1 Å². The molecule has 4 aromatic carbocycles. The second-order valence-electron chi connectivity index (χ2n) is 7.22. The van der Waals surface area contributed by atoms with Crippen molar-refractivity contribution in [2.24, 2.45) is 11.7 Å². The van der Waals surface area contributed by atoms with Gasteiger partial charge in [0.15, 0.2) is 0 Å². The minimum atomic E-state index is -0.447. The van der Waals surface area contributed by atoms with E-state index in [1.54, 1.807) is 0 Å². The van der Waals surface area contributed by atoms with Gasteiger partial charge in [-0.1, -0.05) is 61.0 Å². The summed E-state index contributed by atoms with van der Waals surface area (Å²) >= 11 is 0. The minimum absolute atomic E-state index is 0.320. The Balaban J connectivity index is 1.77. The maximum absolute atomic E-state index is 10.7. The maximum Gasteiger partial charge on any atom is 0.0761 e. The lowest BCUT2D eigenvalue weighted by Gasteiger charge is -2.34. The molecule has 1 fully saturated rings. The molecule has 1 saturated carbocycles. The Morgan fingerprint density at radius 1 is 0.833 bits per heavy atom. The molecule has 0 spiro atoms. The molecule has 4 aromatic rings. The van der Waals surface area contributed by atoms with Crippen LogP contribution in [0.5, 0.6) is 0 Å². The Morgan fingerprint density at radius 3 is 2.12 bits per heavy atom. The monoisotopic (exact) mass is 315 g/mol. The summed E-state index contributed by atoms with van der Waals surface area (Å²) in [7, 11) is 0. The average Bonchev–Trinajstić information content (AvgIpc) is 2.57. The Labute approximate surface area is 141 Å². The molecule has 0 amide bonds. The summed E-state index contributed by atoms with van der Waals surface area (Å²) in [5.74, 6) is 0.360. The topological polar surface area (TPSA) is 46.2 Å². The predicted octanol–water partition coefficient (Wildman–Crippen LogP) is 4.74. The first-order valence-corrected chi connectivity index (χ1v) is 8.84. The van der Waals surface area contributed by atoms with Crippen LogP contribution in [0.2, 0.25) is 0 Å². The Bertz CT molecular complexity index is 1020. The fourth-order valence-electron chi connectivity index (χ4n) is 4.31. The van der Waals surface area contributed by atoms with Crippen LogP contribution in [0.3, 0.4) is 0 Å². The molecule has 24 heavy (non-hydrogen) atoms. The molecule has 1 aliphatic carbocycles. The van der Waals surface area contributed by atoms with Crippen LogP contribution in [0.1, 0.15) is 30.9 Å². The number of aliphatic hydroxyl groups excluding tert-OH is 1. The Kier molecular flexibility index (Phi) is 3.06. The molecule has 0 aromatic heterocycles. The molecular weight excluding hydrogens is 294 g/mol. The summed E-state index contributed by atoms with van der Waals surface area (Å²) in [5.41, 5.74) is 7.57. The number of nitrogens with two attached hydrogens (primary N) is 1. The van der Waals surface area contributed by atoms with Crippen molar-refractivity contribution in [1.82, 2.24) is 0 Å². The van der Waals surface area contributed by atoms with Gasteiger partial charge in [0.2, 0.25) is 0 Å². The normalized spacial score (nSPS) is 18.2. The zero-order chi connectivity index (χ0) is 16.3. The van der Waals surface area contributed by atoms with Crippen LogP contribution < -0.4 is 5.73 Å². The first kappa shape index (κ1) is 14.2. The fourth-order valence-corrected chi connectivity index (χ4v) is 4.31. The number of rotatable bonds is 3. The van der Waals surface area contributed by atoms with E-state index in [1.807, 2.05) is 0 Å². The van der Waals surface area contributed by atoms with Gasteiger partial charge in [-0.05, 0) is 56.6 Å². The van der Waals surface area contributed by atoms with Crippen LogP contribution in [0.25, 0.3) is 32.3 Å². The van der Waals surface area contributed by atoms with E-state index in [9.17, 15) is 5.11 Å². The molecule has 0 saturated heterocycles. The summed E-state index contributed by atoms with van der Waals surface area (Å²) in [5, 5.41) is 18.2. The van der Waals surface area contributed by atoms with Crippen LogP contribution in [0.4, 0.5) is 0 Å². The third-order valence-corrected chi connectivity index (χ3v) is 5.92. The molecule has 1 aliphatic rings. The maximum atomic E-state index is 10.7. The smallest absolute Gasteiger partial charge is 0.0761 e. The molecular formula is C22H21NO. The van der Waals surface area contributed by atoms with Crippen molar-refractivity contribution in [3.8, 4) is 0 Å². The lowest BCUT2D eigenvalue weighted by atomic mass is 9.76. The van der Waals surface area contributed by atoms with Crippen LogP contribution >= 0.6 is 0 Å². The quantitative estimate of drug-likeness (QED) is 0.536. The van der Waals surface area contributed by atoms with Crippen molar-refractivity contribution in [1.29, 1.82) is 0 Å². The molecule has 2 atom stereocenters. The van der Waals surface area contributed by atoms with Crippen molar-refractivity contribution in [2.75, 3.05) is 0 Å². The molecule has 5 rings (SSSR count). The second-order valence-corrected chi connectivity index (χ2v) is 7.22. The van der Waals surface area contributed by atoms with Gasteiger partial charge in [-0.15, -0.1) is 0 Å². The van der Waals surface area contributed by atoms with Gasteiger partial charge in [0.1, 0.15) is 0 Å². The number of hydrogen-bond donors (Lipinski definition) is 2. The van der Waals surface area contributed by atoms with E-state index >= 15 is 0 Å². The van der Waals surface area contributed by atoms with Crippen LogP contribution in [0.15, 0.2) is 54.6 Å². The minimum Gasteiger partial charge on any atom is -0.391 e. The van der Waals surface area contributed by atoms with Gasteiger partial charge in [-0.2, -0.15) is 0 Å². The highest BCUT2D eigenvalue weighted by Gasteiger charge is 2.31. The third kappa shape index (κ3) is 1.90. The predicted molar refractivity (Wildman–Crippen MR) is 100 cm³/mol. The van der Waals surface area contributed by atoms with Gasteiger partial charge >= 0.3 is 0 Å². The highest BCUT2D eigenvalue weighted by Crippen LogP contribution is 2.40. The van der Waals surface area contributed by atoms with Crippen molar-refractivity contribution < 1.29 is 5.11 Å². The lowest BCUT2D eigenvalue weighted by molar-refractivity contribution is 0.0417. The molecule has 0 unspecified atom stereocenters. The fraction of sp³-hybridized carbons (Fsp3) is 0.273. The van der Waals surface area contributed by atoms with E-state index in [4.69, 9.17) is 5.73 Å². The van der Waals surface area contributed by atoms with E-state index in [2.05, 4.69) is 54.6 Å². The van der Waals surface area contributed by atoms with E-state index in [0.29, 0.717) is 5.92 Å². The second kappa shape index (κ2) is 5.17. The zero-order valence-corrected chi connectivity index (χ0v) is 13.6. The SMILES string of the molecule is N[C@@H](c1ccc2ccc3cccc4ccc1c2c34)[C@H](O)C1CCC1. The van der Waals surface area contributed by atoms with E-state index in [0.717, 1.165) is 18.4 Å². The van der Waals surface area contributed by atoms with Crippen LogP contribution in [-0.4, -0.2) is 11.2 Å². The van der Waals surface area contributed by atoms with E-state index < -0.39 is 6.10 Å². The van der Waals surface area contributed by atoms with Gasteiger partial charge in [-0.25, -0.2) is 0 Å². The average molecular weight is 315 g/mol. The first-order valence-electron chi connectivity index (χ1n) is 8.84. The number of aliphatic hydroxyl groups is 1. The molecule has 3 N–H and O–H groups in total. The number of hydrogen-bond acceptors (Lipinski definition) is 2. The van der Waals surface area contributed by atoms with E-state index in [1.165, 1.54) is 38.7 Å². The van der Waals surface area contributed by atoms with Crippen molar-refractivity contribution >= 4 is 32.3 Å². The van der Waals surface area contributed by atoms with Gasteiger partial charge < -0.3 is 10.8 Å². The third-order valence-electron chi connectivity index (χ3n) is 5.92.